The molecule has 194 valence electrons. The number of rotatable bonds is 13. The summed E-state index contributed by atoms with van der Waals surface area (Å²) in [6.07, 6.45) is 10.9. The lowest BCUT2D eigenvalue weighted by Crippen LogP contribution is -2.32. The second-order valence-corrected chi connectivity index (χ2v) is 10.5. The fraction of sp³-hybridized carbons (Fsp3) is 0.548. The molecule has 0 spiro atoms. The average Bonchev–Trinajstić information content (AvgIpc) is 3.26. The predicted octanol–water partition coefficient (Wildman–Crippen LogP) is 7.04. The Morgan fingerprint density at radius 3 is 2.56 bits per heavy atom. The van der Waals surface area contributed by atoms with E-state index in [-0.39, 0.29) is 11.8 Å². The molecule has 1 aromatic heterocycles. The highest BCUT2D eigenvalue weighted by atomic mass is 16.5. The number of carbonyl (C=O) groups is 1. The largest absolute Gasteiger partial charge is 0.494 e. The summed E-state index contributed by atoms with van der Waals surface area (Å²) >= 11 is 0. The maximum absolute atomic E-state index is 12.3. The number of unbranched alkanes of at least 4 members (excludes halogenated alkanes) is 2. The van der Waals surface area contributed by atoms with Crippen LogP contribution in [0.1, 0.15) is 88.9 Å². The van der Waals surface area contributed by atoms with Crippen molar-refractivity contribution in [3.8, 4) is 5.75 Å². The SMILES string of the molecule is CC(C)c1ccc(OCCCn2c(CCCCCNC(=O)C3CCCCC3)nc3ccccc32)cc1. The Balaban J connectivity index is 1.22. The van der Waals surface area contributed by atoms with Crippen LogP contribution in [0.2, 0.25) is 0 Å². The number of fused-ring (bicyclic) bond motifs is 1. The fourth-order valence-corrected chi connectivity index (χ4v) is 5.23. The van der Waals surface area contributed by atoms with Crippen molar-refractivity contribution in [3.63, 3.8) is 0 Å². The summed E-state index contributed by atoms with van der Waals surface area (Å²) in [6.45, 7) is 6.80. The van der Waals surface area contributed by atoms with Crippen molar-refractivity contribution in [3.05, 3.63) is 59.9 Å². The number of benzene rings is 2. The van der Waals surface area contributed by atoms with Gasteiger partial charge in [-0.15, -0.1) is 0 Å². The van der Waals surface area contributed by atoms with Gasteiger partial charge in [0.2, 0.25) is 5.91 Å². The Hall–Kier alpha value is -2.82. The molecule has 5 heteroatoms. The number of carbonyl (C=O) groups excluding carboxylic acids is 1. The van der Waals surface area contributed by atoms with Gasteiger partial charge < -0.3 is 14.6 Å². The van der Waals surface area contributed by atoms with Gasteiger partial charge in [-0.3, -0.25) is 4.79 Å². The number of imidazole rings is 1. The topological polar surface area (TPSA) is 56.1 Å². The van der Waals surface area contributed by atoms with Gasteiger partial charge in [-0.2, -0.15) is 0 Å². The molecule has 4 rings (SSSR count). The number of amides is 1. The zero-order chi connectivity index (χ0) is 25.2. The highest BCUT2D eigenvalue weighted by Gasteiger charge is 2.20. The Morgan fingerprint density at radius 2 is 1.78 bits per heavy atom. The van der Waals surface area contributed by atoms with Gasteiger partial charge in [-0.25, -0.2) is 4.98 Å². The molecule has 0 radical (unpaired) electrons. The van der Waals surface area contributed by atoms with E-state index in [0.29, 0.717) is 12.5 Å². The molecule has 5 nitrogen and oxygen atoms in total. The van der Waals surface area contributed by atoms with Crippen molar-refractivity contribution >= 4 is 16.9 Å². The van der Waals surface area contributed by atoms with Crippen LogP contribution in [0.15, 0.2) is 48.5 Å². The molecule has 0 aliphatic heterocycles. The molecule has 3 aromatic rings. The predicted molar refractivity (Wildman–Crippen MR) is 148 cm³/mol. The van der Waals surface area contributed by atoms with E-state index in [9.17, 15) is 4.79 Å². The molecule has 1 N–H and O–H groups in total. The van der Waals surface area contributed by atoms with Crippen LogP contribution in [0.25, 0.3) is 11.0 Å². The monoisotopic (exact) mass is 489 g/mol. The number of nitrogens with zero attached hydrogens (tertiary/aromatic N) is 2. The summed E-state index contributed by atoms with van der Waals surface area (Å²) in [6, 6.07) is 16.9. The molecular weight excluding hydrogens is 446 g/mol. The van der Waals surface area contributed by atoms with Crippen LogP contribution in [0, 0.1) is 5.92 Å². The van der Waals surface area contributed by atoms with E-state index < -0.39 is 0 Å². The summed E-state index contributed by atoms with van der Waals surface area (Å²) in [5.74, 6) is 3.15. The minimum absolute atomic E-state index is 0.252. The number of hydrogen-bond donors (Lipinski definition) is 1. The molecule has 0 unspecified atom stereocenters. The van der Waals surface area contributed by atoms with Gasteiger partial charge in [-0.1, -0.05) is 63.8 Å². The minimum atomic E-state index is 0.252. The lowest BCUT2D eigenvalue weighted by atomic mass is 9.89. The first-order chi connectivity index (χ1) is 17.6. The van der Waals surface area contributed by atoms with Crippen LogP contribution in [0.3, 0.4) is 0 Å². The summed E-state index contributed by atoms with van der Waals surface area (Å²) in [5, 5.41) is 3.17. The molecule has 1 amide bonds. The van der Waals surface area contributed by atoms with E-state index in [0.717, 1.165) is 75.1 Å². The molecule has 0 atom stereocenters. The molecule has 2 aromatic carbocycles. The Labute approximate surface area is 216 Å². The van der Waals surface area contributed by atoms with Crippen molar-refractivity contribution in [2.24, 2.45) is 5.92 Å². The molecule has 0 bridgehead atoms. The van der Waals surface area contributed by atoms with Gasteiger partial charge in [0.15, 0.2) is 0 Å². The smallest absolute Gasteiger partial charge is 0.223 e. The molecule has 1 aliphatic carbocycles. The number of hydrogen-bond acceptors (Lipinski definition) is 3. The number of aryl methyl sites for hydroxylation is 2. The van der Waals surface area contributed by atoms with E-state index in [1.165, 1.54) is 30.3 Å². The van der Waals surface area contributed by atoms with E-state index in [1.54, 1.807) is 0 Å². The first-order valence-electron chi connectivity index (χ1n) is 14.1. The third kappa shape index (κ3) is 7.35. The zero-order valence-electron chi connectivity index (χ0n) is 22.2. The van der Waals surface area contributed by atoms with Crippen molar-refractivity contribution < 1.29 is 9.53 Å². The molecule has 0 saturated heterocycles. The Kier molecular flexibility index (Phi) is 9.83. The van der Waals surface area contributed by atoms with Gasteiger partial charge in [0.05, 0.1) is 17.6 Å². The van der Waals surface area contributed by atoms with E-state index in [2.05, 4.69) is 72.3 Å². The highest BCUT2D eigenvalue weighted by Crippen LogP contribution is 2.24. The van der Waals surface area contributed by atoms with Crippen LogP contribution in [-0.4, -0.2) is 28.6 Å². The normalized spacial score (nSPS) is 14.4. The molecular formula is C31H43N3O2. The first kappa shape index (κ1) is 26.2. The maximum Gasteiger partial charge on any atom is 0.223 e. The van der Waals surface area contributed by atoms with Crippen molar-refractivity contribution in [2.45, 2.75) is 90.5 Å². The molecule has 1 aliphatic rings. The summed E-state index contributed by atoms with van der Waals surface area (Å²) in [4.78, 5) is 17.3. The van der Waals surface area contributed by atoms with E-state index >= 15 is 0 Å². The summed E-state index contributed by atoms with van der Waals surface area (Å²) in [5.41, 5.74) is 3.61. The van der Waals surface area contributed by atoms with Gasteiger partial charge in [0.25, 0.3) is 0 Å². The minimum Gasteiger partial charge on any atom is -0.494 e. The van der Waals surface area contributed by atoms with E-state index in [4.69, 9.17) is 9.72 Å². The zero-order valence-corrected chi connectivity index (χ0v) is 22.2. The van der Waals surface area contributed by atoms with Crippen molar-refractivity contribution in [1.29, 1.82) is 0 Å². The van der Waals surface area contributed by atoms with Crippen molar-refractivity contribution in [2.75, 3.05) is 13.2 Å². The fourth-order valence-electron chi connectivity index (χ4n) is 5.23. The number of aromatic nitrogens is 2. The second kappa shape index (κ2) is 13.5. The molecule has 1 saturated carbocycles. The first-order valence-corrected chi connectivity index (χ1v) is 14.1. The lowest BCUT2D eigenvalue weighted by Gasteiger charge is -2.20. The van der Waals surface area contributed by atoms with Gasteiger partial charge in [0, 0.05) is 25.4 Å². The summed E-state index contributed by atoms with van der Waals surface area (Å²) in [7, 11) is 0. The van der Waals surface area contributed by atoms with Crippen LogP contribution < -0.4 is 10.1 Å². The highest BCUT2D eigenvalue weighted by molar-refractivity contribution is 5.78. The van der Waals surface area contributed by atoms with Crippen LogP contribution in [0.5, 0.6) is 5.75 Å². The number of ether oxygens (including phenoxy) is 1. The standard InChI is InChI=1S/C31H43N3O2/c1-24(2)25-17-19-27(20-18-25)36-23-11-22-34-29-15-9-8-14-28(29)33-30(34)16-7-4-10-21-32-31(35)26-12-5-3-6-13-26/h8-9,14-15,17-20,24,26H,3-7,10-13,16,21-23H2,1-2H3,(H,32,35). The molecule has 1 fully saturated rings. The van der Waals surface area contributed by atoms with Crippen molar-refractivity contribution in [1.82, 2.24) is 14.9 Å². The lowest BCUT2D eigenvalue weighted by molar-refractivity contribution is -0.125. The average molecular weight is 490 g/mol. The van der Waals surface area contributed by atoms with Crippen LogP contribution in [-0.2, 0) is 17.8 Å². The quantitative estimate of drug-likeness (QED) is 0.262. The Morgan fingerprint density at radius 1 is 1.00 bits per heavy atom. The Bertz CT molecular complexity index is 1080. The third-order valence-corrected chi connectivity index (χ3v) is 7.43. The van der Waals surface area contributed by atoms with Gasteiger partial charge >= 0.3 is 0 Å². The number of para-hydroxylation sites is 2. The van der Waals surface area contributed by atoms with Gasteiger partial charge in [0.1, 0.15) is 11.6 Å². The van der Waals surface area contributed by atoms with Crippen LogP contribution >= 0.6 is 0 Å². The van der Waals surface area contributed by atoms with E-state index in [1.807, 2.05) is 0 Å². The summed E-state index contributed by atoms with van der Waals surface area (Å²) < 4.78 is 8.38. The number of nitrogens with one attached hydrogen (secondary N) is 1. The van der Waals surface area contributed by atoms with Gasteiger partial charge in [-0.05, 0) is 67.9 Å². The molecule has 36 heavy (non-hydrogen) atoms. The third-order valence-electron chi connectivity index (χ3n) is 7.43. The maximum atomic E-state index is 12.3. The van der Waals surface area contributed by atoms with Crippen LogP contribution in [0.4, 0.5) is 0 Å². The molecule has 1 heterocycles. The second-order valence-electron chi connectivity index (χ2n) is 10.5.